The fourth-order valence-electron chi connectivity index (χ4n) is 1.17. The van der Waals surface area contributed by atoms with Crippen molar-refractivity contribution < 1.29 is 0 Å². The number of hydrogen-bond donors (Lipinski definition) is 1. The highest BCUT2D eigenvalue weighted by Crippen LogP contribution is 2.21. The maximum atomic E-state index is 8.65. The Morgan fingerprint density at radius 3 is 2.94 bits per heavy atom. The van der Waals surface area contributed by atoms with E-state index in [1.54, 1.807) is 12.1 Å². The monoisotopic (exact) mass is 231 g/mol. The lowest BCUT2D eigenvalue weighted by Gasteiger charge is -1.93. The molecule has 0 spiro atoms. The summed E-state index contributed by atoms with van der Waals surface area (Å²) >= 11 is 1.49. The van der Waals surface area contributed by atoms with Crippen LogP contribution >= 0.6 is 11.3 Å². The maximum Gasteiger partial charge on any atom is 0.166 e. The number of nitriles is 1. The molecule has 0 bridgehead atoms. The molecule has 0 aliphatic heterocycles. The van der Waals surface area contributed by atoms with Crippen LogP contribution in [0.3, 0.4) is 0 Å². The van der Waals surface area contributed by atoms with E-state index in [1.807, 2.05) is 13.1 Å². The normalized spacial score (nSPS) is 10.0. The molecule has 16 heavy (non-hydrogen) atoms. The fourth-order valence-corrected chi connectivity index (χ4v) is 1.99. The van der Waals surface area contributed by atoms with Crippen LogP contribution < -0.4 is 5.32 Å². The van der Waals surface area contributed by atoms with Gasteiger partial charge in [0.2, 0.25) is 0 Å². The molecule has 2 aromatic heterocycles. The number of rotatable bonds is 3. The van der Waals surface area contributed by atoms with Crippen molar-refractivity contribution in [1.82, 2.24) is 20.5 Å². The highest BCUT2D eigenvalue weighted by atomic mass is 32.1. The quantitative estimate of drug-likeness (QED) is 0.858. The molecule has 2 heterocycles. The van der Waals surface area contributed by atoms with Crippen molar-refractivity contribution in [3.05, 3.63) is 28.9 Å². The van der Waals surface area contributed by atoms with Gasteiger partial charge in [-0.05, 0) is 19.2 Å². The molecule has 0 atom stereocenters. The molecule has 0 aliphatic carbocycles. The van der Waals surface area contributed by atoms with Crippen LogP contribution in [0, 0.1) is 11.3 Å². The van der Waals surface area contributed by atoms with Crippen LogP contribution in [0.15, 0.2) is 18.3 Å². The summed E-state index contributed by atoms with van der Waals surface area (Å²) in [5, 5.41) is 21.4. The molecular weight excluding hydrogens is 222 g/mol. The second-order valence-corrected chi connectivity index (χ2v) is 4.14. The molecule has 0 aliphatic rings. The number of nitrogens with zero attached hydrogens (tertiary/aromatic N) is 4. The van der Waals surface area contributed by atoms with Gasteiger partial charge in [0.15, 0.2) is 5.01 Å². The van der Waals surface area contributed by atoms with E-state index < -0.39 is 0 Å². The lowest BCUT2D eigenvalue weighted by Crippen LogP contribution is -2.04. The average Bonchev–Trinajstić information content (AvgIpc) is 2.78. The zero-order valence-electron chi connectivity index (χ0n) is 8.64. The summed E-state index contributed by atoms with van der Waals surface area (Å²) in [7, 11) is 1.86. The molecule has 0 saturated carbocycles. The van der Waals surface area contributed by atoms with Crippen molar-refractivity contribution in [3.8, 4) is 16.8 Å². The van der Waals surface area contributed by atoms with Crippen molar-refractivity contribution in [2.24, 2.45) is 0 Å². The van der Waals surface area contributed by atoms with Crippen LogP contribution in [0.25, 0.3) is 10.7 Å². The molecule has 0 amide bonds. The molecule has 0 saturated heterocycles. The summed E-state index contributed by atoms with van der Waals surface area (Å²) in [5.41, 5.74) is 1.29. The van der Waals surface area contributed by atoms with E-state index in [4.69, 9.17) is 5.26 Å². The molecular formula is C10H9N5S. The van der Waals surface area contributed by atoms with Crippen molar-refractivity contribution in [2.45, 2.75) is 6.54 Å². The lowest BCUT2D eigenvalue weighted by atomic mass is 10.3. The summed E-state index contributed by atoms with van der Waals surface area (Å²) < 4.78 is 0. The molecule has 80 valence electrons. The van der Waals surface area contributed by atoms with E-state index in [9.17, 15) is 0 Å². The van der Waals surface area contributed by atoms with Gasteiger partial charge in [0.25, 0.3) is 0 Å². The topological polar surface area (TPSA) is 74.5 Å². The second-order valence-electron chi connectivity index (χ2n) is 3.08. The van der Waals surface area contributed by atoms with Gasteiger partial charge in [-0.1, -0.05) is 11.3 Å². The Morgan fingerprint density at radius 2 is 2.31 bits per heavy atom. The SMILES string of the molecule is CNCc1nnc(-c2ccc(C#N)cn2)s1. The first kappa shape index (κ1) is 10.7. The minimum absolute atomic E-state index is 0.545. The Balaban J connectivity index is 2.25. The van der Waals surface area contributed by atoms with Gasteiger partial charge in [0.1, 0.15) is 16.8 Å². The summed E-state index contributed by atoms with van der Waals surface area (Å²) in [4.78, 5) is 4.16. The van der Waals surface area contributed by atoms with Crippen LogP contribution in [0.2, 0.25) is 0 Å². The third-order valence-electron chi connectivity index (χ3n) is 1.91. The van der Waals surface area contributed by atoms with Gasteiger partial charge in [-0.3, -0.25) is 4.98 Å². The van der Waals surface area contributed by atoms with Gasteiger partial charge >= 0.3 is 0 Å². The standard InChI is InChI=1S/C10H9N5S/c1-12-6-9-14-15-10(16-9)8-3-2-7(4-11)5-13-8/h2-3,5,12H,6H2,1H3. The first-order valence-corrected chi connectivity index (χ1v) is 5.48. The van der Waals surface area contributed by atoms with Gasteiger partial charge in [0.05, 0.1) is 5.56 Å². The molecule has 0 aromatic carbocycles. The Kier molecular flexibility index (Phi) is 3.19. The summed E-state index contributed by atoms with van der Waals surface area (Å²) in [6.07, 6.45) is 1.54. The Bertz CT molecular complexity index is 511. The fraction of sp³-hybridized carbons (Fsp3) is 0.200. The number of aromatic nitrogens is 3. The van der Waals surface area contributed by atoms with E-state index in [0.29, 0.717) is 12.1 Å². The minimum Gasteiger partial charge on any atom is -0.313 e. The number of hydrogen-bond acceptors (Lipinski definition) is 6. The Labute approximate surface area is 96.8 Å². The first-order chi connectivity index (χ1) is 7.83. The zero-order valence-corrected chi connectivity index (χ0v) is 9.45. The van der Waals surface area contributed by atoms with E-state index in [2.05, 4.69) is 20.5 Å². The molecule has 1 N–H and O–H groups in total. The van der Waals surface area contributed by atoms with Crippen LogP contribution in [0.4, 0.5) is 0 Å². The summed E-state index contributed by atoms with van der Waals surface area (Å²) in [6, 6.07) is 5.53. The average molecular weight is 231 g/mol. The maximum absolute atomic E-state index is 8.65. The molecule has 0 unspecified atom stereocenters. The largest absolute Gasteiger partial charge is 0.313 e. The second kappa shape index (κ2) is 4.79. The van der Waals surface area contributed by atoms with Gasteiger partial charge in [-0.25, -0.2) is 0 Å². The summed E-state index contributed by atoms with van der Waals surface area (Å²) in [5.74, 6) is 0. The molecule has 2 aromatic rings. The van der Waals surface area contributed by atoms with Crippen molar-refractivity contribution in [1.29, 1.82) is 5.26 Å². The predicted octanol–water partition coefficient (Wildman–Crippen LogP) is 1.19. The Morgan fingerprint density at radius 1 is 1.44 bits per heavy atom. The highest BCUT2D eigenvalue weighted by Gasteiger charge is 2.06. The molecule has 5 nitrogen and oxygen atoms in total. The third kappa shape index (κ3) is 2.21. The number of pyridine rings is 1. The lowest BCUT2D eigenvalue weighted by molar-refractivity contribution is 0.794. The highest BCUT2D eigenvalue weighted by molar-refractivity contribution is 7.14. The zero-order chi connectivity index (χ0) is 11.4. The molecule has 0 radical (unpaired) electrons. The van der Waals surface area contributed by atoms with E-state index in [-0.39, 0.29) is 0 Å². The molecule has 0 fully saturated rings. The van der Waals surface area contributed by atoms with Gasteiger partial charge in [-0.2, -0.15) is 5.26 Å². The predicted molar refractivity (Wildman–Crippen MR) is 60.6 cm³/mol. The van der Waals surface area contributed by atoms with Crippen LogP contribution in [-0.2, 0) is 6.54 Å². The number of nitrogens with one attached hydrogen (secondary N) is 1. The van der Waals surface area contributed by atoms with Crippen molar-refractivity contribution >= 4 is 11.3 Å². The van der Waals surface area contributed by atoms with E-state index >= 15 is 0 Å². The first-order valence-electron chi connectivity index (χ1n) is 4.67. The molecule has 6 heteroatoms. The van der Waals surface area contributed by atoms with Crippen molar-refractivity contribution in [2.75, 3.05) is 7.05 Å². The van der Waals surface area contributed by atoms with Gasteiger partial charge < -0.3 is 5.32 Å². The van der Waals surface area contributed by atoms with Crippen LogP contribution in [0.1, 0.15) is 10.6 Å². The Hall–Kier alpha value is -1.84. The van der Waals surface area contributed by atoms with Gasteiger partial charge in [0, 0.05) is 12.7 Å². The van der Waals surface area contributed by atoms with Crippen molar-refractivity contribution in [3.63, 3.8) is 0 Å². The minimum atomic E-state index is 0.545. The van der Waals surface area contributed by atoms with Crippen LogP contribution in [0.5, 0.6) is 0 Å². The van der Waals surface area contributed by atoms with Crippen LogP contribution in [-0.4, -0.2) is 22.2 Å². The summed E-state index contributed by atoms with van der Waals surface area (Å²) in [6.45, 7) is 0.702. The van der Waals surface area contributed by atoms with E-state index in [1.165, 1.54) is 17.5 Å². The third-order valence-corrected chi connectivity index (χ3v) is 2.85. The molecule has 2 rings (SSSR count). The smallest absolute Gasteiger partial charge is 0.166 e. The van der Waals surface area contributed by atoms with Gasteiger partial charge in [-0.15, -0.1) is 10.2 Å². The van der Waals surface area contributed by atoms with E-state index in [0.717, 1.165) is 15.7 Å².